The molecule has 0 aliphatic carbocycles. The minimum atomic E-state index is -0.210. The van der Waals surface area contributed by atoms with E-state index in [0.29, 0.717) is 21.2 Å². The number of anilines is 1. The maximum Gasteiger partial charge on any atom is 0.265 e. The highest BCUT2D eigenvalue weighted by Gasteiger charge is 2.12. The van der Waals surface area contributed by atoms with Crippen molar-refractivity contribution in [1.29, 1.82) is 0 Å². The number of amides is 1. The molecule has 0 saturated carbocycles. The van der Waals surface area contributed by atoms with Gasteiger partial charge in [-0.15, -0.1) is 11.3 Å². The van der Waals surface area contributed by atoms with Crippen molar-refractivity contribution in [1.82, 2.24) is 0 Å². The first-order chi connectivity index (χ1) is 10.0. The molecule has 5 heteroatoms. The molecule has 2 rings (SSSR count). The van der Waals surface area contributed by atoms with E-state index in [0.717, 1.165) is 10.4 Å². The smallest absolute Gasteiger partial charge is 0.265 e. The van der Waals surface area contributed by atoms with Crippen molar-refractivity contribution >= 4 is 34.5 Å². The molecule has 0 bridgehead atoms. The Morgan fingerprint density at radius 1 is 1.38 bits per heavy atom. The van der Waals surface area contributed by atoms with E-state index in [4.69, 9.17) is 16.7 Å². The van der Waals surface area contributed by atoms with Gasteiger partial charge in [0, 0.05) is 10.4 Å². The van der Waals surface area contributed by atoms with E-state index < -0.39 is 0 Å². The molecule has 21 heavy (non-hydrogen) atoms. The standard InChI is InChI=1S/C16H14ClNO2S/c1-10-8-15(21-11(10)2)16(20)18-14-9-12(4-3-7-19)5-6-13(14)17/h5-6,8-9,19H,7H2,1-2H3,(H,18,20). The van der Waals surface area contributed by atoms with Gasteiger partial charge in [0.15, 0.2) is 0 Å². The summed E-state index contributed by atoms with van der Waals surface area (Å²) in [4.78, 5) is 14.0. The van der Waals surface area contributed by atoms with Crippen molar-refractivity contribution in [2.24, 2.45) is 0 Å². The molecule has 2 aromatic rings. The van der Waals surface area contributed by atoms with Gasteiger partial charge in [-0.1, -0.05) is 23.4 Å². The SMILES string of the molecule is Cc1cc(C(=O)Nc2cc(C#CCO)ccc2Cl)sc1C. The van der Waals surface area contributed by atoms with Crippen LogP contribution in [-0.4, -0.2) is 17.6 Å². The van der Waals surface area contributed by atoms with Gasteiger partial charge in [0.05, 0.1) is 15.6 Å². The van der Waals surface area contributed by atoms with Gasteiger partial charge in [0.2, 0.25) is 0 Å². The molecule has 0 spiro atoms. The molecule has 0 fully saturated rings. The predicted molar refractivity (Wildman–Crippen MR) is 87.2 cm³/mol. The van der Waals surface area contributed by atoms with Crippen molar-refractivity contribution in [2.45, 2.75) is 13.8 Å². The number of hydrogen-bond donors (Lipinski definition) is 2. The first-order valence-electron chi connectivity index (χ1n) is 6.29. The number of thiophene rings is 1. The molecule has 0 radical (unpaired) electrons. The number of aliphatic hydroxyl groups excluding tert-OH is 1. The summed E-state index contributed by atoms with van der Waals surface area (Å²) in [6.45, 7) is 3.74. The van der Waals surface area contributed by atoms with Gasteiger partial charge < -0.3 is 10.4 Å². The Hall–Kier alpha value is -1.80. The predicted octanol–water partition coefficient (Wildman–Crippen LogP) is 3.61. The lowest BCUT2D eigenvalue weighted by molar-refractivity contribution is 0.103. The average molecular weight is 320 g/mol. The number of benzene rings is 1. The Bertz CT molecular complexity index is 721. The zero-order valence-electron chi connectivity index (χ0n) is 11.7. The highest BCUT2D eigenvalue weighted by atomic mass is 35.5. The van der Waals surface area contributed by atoms with Crippen LogP contribution in [0.2, 0.25) is 5.02 Å². The molecule has 3 nitrogen and oxygen atoms in total. The van der Waals surface area contributed by atoms with Gasteiger partial charge >= 0.3 is 0 Å². The Balaban J connectivity index is 2.24. The van der Waals surface area contributed by atoms with Gasteiger partial charge in [-0.25, -0.2) is 0 Å². The van der Waals surface area contributed by atoms with Gasteiger partial charge in [0.25, 0.3) is 5.91 Å². The fourth-order valence-electron chi connectivity index (χ4n) is 1.71. The van der Waals surface area contributed by atoms with Gasteiger partial charge in [-0.2, -0.15) is 0 Å². The highest BCUT2D eigenvalue weighted by molar-refractivity contribution is 7.14. The zero-order valence-corrected chi connectivity index (χ0v) is 13.2. The Labute approximate surface area is 132 Å². The summed E-state index contributed by atoms with van der Waals surface area (Å²) >= 11 is 7.54. The largest absolute Gasteiger partial charge is 0.384 e. The zero-order chi connectivity index (χ0) is 15.4. The number of aryl methyl sites for hydroxylation is 2. The Morgan fingerprint density at radius 3 is 2.76 bits per heavy atom. The summed E-state index contributed by atoms with van der Waals surface area (Å²) in [6.07, 6.45) is 0. The van der Waals surface area contributed by atoms with E-state index >= 15 is 0 Å². The molecule has 2 N–H and O–H groups in total. The van der Waals surface area contributed by atoms with Crippen LogP contribution >= 0.6 is 22.9 Å². The Kier molecular flexibility index (Phi) is 5.03. The monoisotopic (exact) mass is 319 g/mol. The van der Waals surface area contributed by atoms with Gasteiger partial charge in [0.1, 0.15) is 6.61 Å². The van der Waals surface area contributed by atoms with Crippen LogP contribution in [0.25, 0.3) is 0 Å². The van der Waals surface area contributed by atoms with Crippen LogP contribution < -0.4 is 5.32 Å². The lowest BCUT2D eigenvalue weighted by atomic mass is 10.2. The normalized spacial score (nSPS) is 9.90. The Morgan fingerprint density at radius 2 is 2.14 bits per heavy atom. The third-order valence-corrected chi connectivity index (χ3v) is 4.40. The van der Waals surface area contributed by atoms with Crippen LogP contribution in [-0.2, 0) is 0 Å². The number of hydrogen-bond acceptors (Lipinski definition) is 3. The quantitative estimate of drug-likeness (QED) is 0.831. The fourth-order valence-corrected chi connectivity index (χ4v) is 2.80. The first kappa shape index (κ1) is 15.6. The van der Waals surface area contributed by atoms with Crippen molar-refractivity contribution < 1.29 is 9.90 Å². The second kappa shape index (κ2) is 6.77. The second-order valence-electron chi connectivity index (χ2n) is 4.46. The van der Waals surface area contributed by atoms with Crippen molar-refractivity contribution in [2.75, 3.05) is 11.9 Å². The molecule has 1 aromatic heterocycles. The van der Waals surface area contributed by atoms with Gasteiger partial charge in [-0.3, -0.25) is 4.79 Å². The first-order valence-corrected chi connectivity index (χ1v) is 7.48. The molecular formula is C16H14ClNO2S. The number of halogens is 1. The number of nitrogens with one attached hydrogen (secondary N) is 1. The summed E-state index contributed by atoms with van der Waals surface area (Å²) < 4.78 is 0. The lowest BCUT2D eigenvalue weighted by Gasteiger charge is -2.06. The number of aliphatic hydroxyl groups is 1. The molecule has 0 saturated heterocycles. The van der Waals surface area contributed by atoms with Crippen LogP contribution in [0.3, 0.4) is 0 Å². The molecule has 108 valence electrons. The van der Waals surface area contributed by atoms with Crippen LogP contribution in [0.4, 0.5) is 5.69 Å². The average Bonchev–Trinajstić information content (AvgIpc) is 2.79. The topological polar surface area (TPSA) is 49.3 Å². The minimum Gasteiger partial charge on any atom is -0.384 e. The summed E-state index contributed by atoms with van der Waals surface area (Å²) in [5.74, 6) is 5.15. The van der Waals surface area contributed by atoms with E-state index in [1.807, 2.05) is 19.9 Å². The number of rotatable bonds is 2. The van der Waals surface area contributed by atoms with Crippen LogP contribution in [0, 0.1) is 25.7 Å². The fraction of sp³-hybridized carbons (Fsp3) is 0.188. The summed E-state index contributed by atoms with van der Waals surface area (Å²) in [6, 6.07) is 6.96. The van der Waals surface area contributed by atoms with E-state index in [1.165, 1.54) is 11.3 Å². The van der Waals surface area contributed by atoms with Crippen LogP contribution in [0.5, 0.6) is 0 Å². The maximum atomic E-state index is 12.2. The molecule has 0 aliphatic heterocycles. The van der Waals surface area contributed by atoms with Crippen LogP contribution in [0.1, 0.15) is 25.7 Å². The third-order valence-electron chi connectivity index (χ3n) is 2.92. The summed E-state index contributed by atoms with van der Waals surface area (Å²) in [5.41, 5.74) is 2.29. The third kappa shape index (κ3) is 3.85. The van der Waals surface area contributed by atoms with Crippen molar-refractivity contribution in [3.8, 4) is 11.8 Å². The maximum absolute atomic E-state index is 12.2. The van der Waals surface area contributed by atoms with E-state index in [-0.39, 0.29) is 12.5 Å². The molecule has 1 heterocycles. The van der Waals surface area contributed by atoms with Crippen molar-refractivity contribution in [3.63, 3.8) is 0 Å². The van der Waals surface area contributed by atoms with E-state index in [2.05, 4.69) is 17.2 Å². The molecular weight excluding hydrogens is 306 g/mol. The minimum absolute atomic E-state index is 0.189. The summed E-state index contributed by atoms with van der Waals surface area (Å²) in [7, 11) is 0. The van der Waals surface area contributed by atoms with Crippen molar-refractivity contribution in [3.05, 3.63) is 50.2 Å². The molecule has 1 amide bonds. The molecule has 1 aromatic carbocycles. The molecule has 0 atom stereocenters. The molecule has 0 aliphatic rings. The van der Waals surface area contributed by atoms with E-state index in [9.17, 15) is 4.79 Å². The highest BCUT2D eigenvalue weighted by Crippen LogP contribution is 2.26. The van der Waals surface area contributed by atoms with Crippen LogP contribution in [0.15, 0.2) is 24.3 Å². The van der Waals surface area contributed by atoms with E-state index in [1.54, 1.807) is 18.2 Å². The lowest BCUT2D eigenvalue weighted by Crippen LogP contribution is -2.10. The second-order valence-corrected chi connectivity index (χ2v) is 6.12. The summed E-state index contributed by atoms with van der Waals surface area (Å²) in [5, 5.41) is 11.9. The van der Waals surface area contributed by atoms with Gasteiger partial charge in [-0.05, 0) is 43.7 Å². The number of carbonyl (C=O) groups excluding carboxylic acids is 1. The number of carbonyl (C=O) groups is 1. The molecule has 0 unspecified atom stereocenters.